The van der Waals surface area contributed by atoms with Gasteiger partial charge >= 0.3 is 6.09 Å². The number of piperidine rings is 1. The van der Waals surface area contributed by atoms with Gasteiger partial charge in [0.1, 0.15) is 5.60 Å². The molecule has 1 aliphatic rings. The lowest BCUT2D eigenvalue weighted by atomic mass is 9.87. The molecular formula is C17H24F2N2O5. The third kappa shape index (κ3) is 4.59. The third-order valence-electron chi connectivity index (χ3n) is 4.17. The predicted octanol–water partition coefficient (Wildman–Crippen LogP) is 1.71. The minimum absolute atomic E-state index is 0.109. The summed E-state index contributed by atoms with van der Waals surface area (Å²) in [5.41, 5.74) is -0.862. The van der Waals surface area contributed by atoms with E-state index in [0.717, 1.165) is 12.3 Å². The highest BCUT2D eigenvalue weighted by atomic mass is 19.3. The van der Waals surface area contributed by atoms with E-state index in [4.69, 9.17) is 9.84 Å². The molecule has 1 aliphatic heterocycles. The van der Waals surface area contributed by atoms with Crippen molar-refractivity contribution < 1.29 is 33.3 Å². The highest BCUT2D eigenvalue weighted by molar-refractivity contribution is 5.68. The Morgan fingerprint density at radius 1 is 1.54 bits per heavy atom. The molecule has 2 atom stereocenters. The molecule has 2 heterocycles. The molecule has 2 N–H and O–H groups in total. The van der Waals surface area contributed by atoms with Crippen molar-refractivity contribution in [1.29, 1.82) is 0 Å². The highest BCUT2D eigenvalue weighted by Gasteiger charge is 2.47. The number of hydrogen-bond donors (Lipinski definition) is 2. The number of alkyl halides is 2. The van der Waals surface area contributed by atoms with E-state index in [1.165, 1.54) is 11.0 Å². The maximum Gasteiger partial charge on any atom is 0.410 e. The quantitative estimate of drug-likeness (QED) is 0.620. The average molecular weight is 374 g/mol. The van der Waals surface area contributed by atoms with Gasteiger partial charge in [0.05, 0.1) is 12.5 Å². The van der Waals surface area contributed by atoms with Crippen LogP contribution in [0.25, 0.3) is 0 Å². The summed E-state index contributed by atoms with van der Waals surface area (Å²) in [5.74, 6) is -4.44. The molecule has 0 aromatic carbocycles. The molecule has 26 heavy (non-hydrogen) atoms. The van der Waals surface area contributed by atoms with Crippen LogP contribution in [0, 0.1) is 5.21 Å². The SMILES string of the molecule is CC(C)(C)OC(=O)N1CCC(F)(F)C(c2cc[n+]([O-])c(C(O)CO)c2)C1. The summed E-state index contributed by atoms with van der Waals surface area (Å²) in [4.78, 5) is 13.4. The fraction of sp³-hybridized carbons (Fsp3) is 0.647. The molecule has 1 saturated heterocycles. The number of carbonyl (C=O) groups is 1. The van der Waals surface area contributed by atoms with E-state index in [1.807, 2.05) is 0 Å². The Hall–Kier alpha value is -2.00. The molecule has 1 amide bonds. The average Bonchev–Trinajstić information content (AvgIpc) is 2.53. The number of halogens is 2. The van der Waals surface area contributed by atoms with Gasteiger partial charge in [-0.1, -0.05) is 0 Å². The molecule has 9 heteroatoms. The zero-order valence-electron chi connectivity index (χ0n) is 15.0. The number of ether oxygens (including phenoxy) is 1. The van der Waals surface area contributed by atoms with E-state index in [-0.39, 0.29) is 24.3 Å². The Kier molecular flexibility index (Phi) is 5.72. The van der Waals surface area contributed by atoms with Crippen molar-refractivity contribution in [2.75, 3.05) is 19.7 Å². The topological polar surface area (TPSA) is 96.9 Å². The lowest BCUT2D eigenvalue weighted by Crippen LogP contribution is -2.49. The van der Waals surface area contributed by atoms with Gasteiger partial charge in [0.25, 0.3) is 5.92 Å². The molecule has 1 aromatic heterocycles. The Morgan fingerprint density at radius 2 is 2.19 bits per heavy atom. The predicted molar refractivity (Wildman–Crippen MR) is 87.6 cm³/mol. The van der Waals surface area contributed by atoms with Crippen molar-refractivity contribution in [2.45, 2.75) is 50.7 Å². The number of likely N-dealkylation sites (tertiary alicyclic amines) is 1. The normalized spacial score (nSPS) is 21.3. The van der Waals surface area contributed by atoms with Gasteiger partial charge in [0.2, 0.25) is 5.69 Å². The number of aliphatic hydroxyl groups is 2. The number of carbonyl (C=O) groups excluding carboxylic acids is 1. The third-order valence-corrected chi connectivity index (χ3v) is 4.17. The smallest absolute Gasteiger partial charge is 0.410 e. The van der Waals surface area contributed by atoms with E-state index in [1.54, 1.807) is 20.8 Å². The van der Waals surface area contributed by atoms with Crippen LogP contribution in [0.3, 0.4) is 0 Å². The van der Waals surface area contributed by atoms with Crippen LogP contribution < -0.4 is 4.73 Å². The molecule has 1 aromatic rings. The second kappa shape index (κ2) is 7.32. The highest BCUT2D eigenvalue weighted by Crippen LogP contribution is 2.40. The van der Waals surface area contributed by atoms with E-state index < -0.39 is 42.7 Å². The minimum atomic E-state index is -3.09. The summed E-state index contributed by atoms with van der Waals surface area (Å²) in [5, 5.41) is 30.4. The molecular weight excluding hydrogens is 350 g/mol. The van der Waals surface area contributed by atoms with Crippen molar-refractivity contribution in [3.63, 3.8) is 0 Å². The number of amides is 1. The van der Waals surface area contributed by atoms with Crippen molar-refractivity contribution >= 4 is 6.09 Å². The summed E-state index contributed by atoms with van der Waals surface area (Å²) >= 11 is 0. The first kappa shape index (κ1) is 20.3. The van der Waals surface area contributed by atoms with E-state index in [9.17, 15) is 23.9 Å². The number of aromatic nitrogens is 1. The number of pyridine rings is 1. The Morgan fingerprint density at radius 3 is 2.77 bits per heavy atom. The van der Waals surface area contributed by atoms with Crippen LogP contribution in [0.1, 0.15) is 50.5 Å². The van der Waals surface area contributed by atoms with Crippen LogP contribution in [0.5, 0.6) is 0 Å². The van der Waals surface area contributed by atoms with Gasteiger partial charge in [-0.3, -0.25) is 0 Å². The molecule has 1 fully saturated rings. The fourth-order valence-electron chi connectivity index (χ4n) is 2.82. The lowest BCUT2D eigenvalue weighted by Gasteiger charge is -2.39. The van der Waals surface area contributed by atoms with Gasteiger partial charge in [-0.05, 0) is 26.3 Å². The van der Waals surface area contributed by atoms with Crippen LogP contribution in [0.4, 0.5) is 13.6 Å². The van der Waals surface area contributed by atoms with Crippen molar-refractivity contribution in [2.24, 2.45) is 0 Å². The molecule has 0 aliphatic carbocycles. The molecule has 2 unspecified atom stereocenters. The monoisotopic (exact) mass is 374 g/mol. The van der Waals surface area contributed by atoms with Gasteiger partial charge in [-0.25, -0.2) is 13.6 Å². The molecule has 0 bridgehead atoms. The van der Waals surface area contributed by atoms with E-state index in [0.29, 0.717) is 4.73 Å². The molecule has 0 radical (unpaired) electrons. The fourth-order valence-corrected chi connectivity index (χ4v) is 2.82. The second-order valence-corrected chi connectivity index (χ2v) is 7.40. The Balaban J connectivity index is 2.29. The zero-order valence-corrected chi connectivity index (χ0v) is 15.0. The van der Waals surface area contributed by atoms with Gasteiger partial charge in [-0.15, -0.1) is 0 Å². The van der Waals surface area contributed by atoms with Crippen molar-refractivity contribution in [3.8, 4) is 0 Å². The Bertz CT molecular complexity index is 663. The minimum Gasteiger partial charge on any atom is -0.618 e. The maximum absolute atomic E-state index is 14.5. The van der Waals surface area contributed by atoms with Gasteiger partial charge in [-0.2, -0.15) is 4.73 Å². The summed E-state index contributed by atoms with van der Waals surface area (Å²) in [6.07, 6.45) is -1.69. The summed E-state index contributed by atoms with van der Waals surface area (Å²) in [7, 11) is 0. The van der Waals surface area contributed by atoms with Crippen LogP contribution in [-0.4, -0.2) is 52.4 Å². The number of rotatable bonds is 3. The molecule has 146 valence electrons. The summed E-state index contributed by atoms with van der Waals surface area (Å²) < 4.78 is 34.5. The molecule has 2 rings (SSSR count). The van der Waals surface area contributed by atoms with Crippen LogP contribution in [0.15, 0.2) is 18.3 Å². The van der Waals surface area contributed by atoms with Crippen LogP contribution in [-0.2, 0) is 4.74 Å². The number of aliphatic hydroxyl groups excluding tert-OH is 2. The number of nitrogens with zero attached hydrogens (tertiary/aromatic N) is 2. The first-order valence-electron chi connectivity index (χ1n) is 8.32. The maximum atomic E-state index is 14.5. The summed E-state index contributed by atoms with van der Waals surface area (Å²) in [6, 6.07) is 2.38. The van der Waals surface area contributed by atoms with Gasteiger partial charge in [0, 0.05) is 31.6 Å². The van der Waals surface area contributed by atoms with Gasteiger partial charge in [0.15, 0.2) is 12.3 Å². The van der Waals surface area contributed by atoms with Crippen LogP contribution in [0.2, 0.25) is 0 Å². The lowest BCUT2D eigenvalue weighted by molar-refractivity contribution is -0.618. The second-order valence-electron chi connectivity index (χ2n) is 7.40. The zero-order chi connectivity index (χ0) is 19.7. The van der Waals surface area contributed by atoms with E-state index >= 15 is 0 Å². The largest absolute Gasteiger partial charge is 0.618 e. The van der Waals surface area contributed by atoms with Crippen molar-refractivity contribution in [1.82, 2.24) is 4.90 Å². The molecule has 0 spiro atoms. The number of hydrogen-bond acceptors (Lipinski definition) is 5. The van der Waals surface area contributed by atoms with Crippen molar-refractivity contribution in [3.05, 3.63) is 34.8 Å². The van der Waals surface area contributed by atoms with Gasteiger partial charge < -0.3 is 25.1 Å². The standard InChI is InChI=1S/C17H24F2N2O5/c1-16(2,3)26-15(24)20-7-5-17(18,19)12(9-20)11-4-6-21(25)13(8-11)14(23)10-22/h4,6,8,12,14,22-23H,5,7,9-10H2,1-3H3. The Labute approximate surface area is 150 Å². The van der Waals surface area contributed by atoms with Crippen LogP contribution >= 0.6 is 0 Å². The molecule has 0 saturated carbocycles. The van der Waals surface area contributed by atoms with E-state index in [2.05, 4.69) is 0 Å². The first-order valence-corrected chi connectivity index (χ1v) is 8.32. The first-order chi connectivity index (χ1) is 11.9. The summed E-state index contributed by atoms with van der Waals surface area (Å²) in [6.45, 7) is 3.93. The molecule has 7 nitrogen and oxygen atoms in total.